The van der Waals surface area contributed by atoms with Crippen LogP contribution in [0, 0.1) is 12.3 Å². The highest BCUT2D eigenvalue weighted by atomic mass is 32.1. The average Bonchev–Trinajstić information content (AvgIpc) is 3.25. The number of fused-ring (bicyclic) bond motifs is 1. The van der Waals surface area contributed by atoms with Crippen LogP contribution < -0.4 is 10.6 Å². The summed E-state index contributed by atoms with van der Waals surface area (Å²) in [6, 6.07) is 16.3. The summed E-state index contributed by atoms with van der Waals surface area (Å²) in [6.07, 6.45) is 11.0. The number of nitrogens with one attached hydrogen (secondary N) is 2. The van der Waals surface area contributed by atoms with E-state index in [1.54, 1.807) is 0 Å². The Hall–Kier alpha value is -3.47. The number of terminal acetylenes is 1. The monoisotopic (exact) mass is 440 g/mol. The van der Waals surface area contributed by atoms with Gasteiger partial charge in [-0.3, -0.25) is 4.90 Å². The molecule has 32 heavy (non-hydrogen) atoms. The highest BCUT2D eigenvalue weighted by molar-refractivity contribution is 7.22. The maximum Gasteiger partial charge on any atom is 0.189 e. The molecule has 4 aromatic rings. The van der Waals surface area contributed by atoms with Crippen LogP contribution in [0.4, 0.5) is 22.3 Å². The van der Waals surface area contributed by atoms with Crippen molar-refractivity contribution in [3.63, 3.8) is 0 Å². The second kappa shape index (κ2) is 9.35. The number of hydrogen-bond donors (Lipinski definition) is 2. The Balaban J connectivity index is 1.30. The maximum absolute atomic E-state index is 5.51. The van der Waals surface area contributed by atoms with Gasteiger partial charge >= 0.3 is 0 Å². The van der Waals surface area contributed by atoms with Crippen LogP contribution in [-0.4, -0.2) is 32.9 Å². The quantitative estimate of drug-likeness (QED) is 0.384. The van der Waals surface area contributed by atoms with E-state index in [0.29, 0.717) is 11.5 Å². The van der Waals surface area contributed by atoms with Crippen LogP contribution in [0.2, 0.25) is 0 Å². The molecule has 2 aromatic carbocycles. The normalized spacial score (nSPS) is 14.2. The van der Waals surface area contributed by atoms with Gasteiger partial charge in [-0.25, -0.2) is 9.97 Å². The van der Waals surface area contributed by atoms with Crippen molar-refractivity contribution in [2.24, 2.45) is 0 Å². The van der Waals surface area contributed by atoms with Gasteiger partial charge in [0.2, 0.25) is 0 Å². The van der Waals surface area contributed by atoms with Crippen LogP contribution in [0.5, 0.6) is 0 Å². The fourth-order valence-corrected chi connectivity index (χ4v) is 4.80. The first-order chi connectivity index (χ1) is 15.8. The summed E-state index contributed by atoms with van der Waals surface area (Å²) in [4.78, 5) is 15.9. The van der Waals surface area contributed by atoms with Gasteiger partial charge in [0.05, 0.1) is 0 Å². The van der Waals surface area contributed by atoms with E-state index in [1.807, 2.05) is 24.3 Å². The molecular weight excluding hydrogens is 416 g/mol. The van der Waals surface area contributed by atoms with Crippen molar-refractivity contribution in [2.75, 3.05) is 23.7 Å². The van der Waals surface area contributed by atoms with Crippen molar-refractivity contribution < 1.29 is 0 Å². The lowest BCUT2D eigenvalue weighted by Gasteiger charge is -2.26. The van der Waals surface area contributed by atoms with Crippen LogP contribution in [0.25, 0.3) is 10.3 Å². The van der Waals surface area contributed by atoms with E-state index in [9.17, 15) is 0 Å². The lowest BCUT2D eigenvalue weighted by molar-refractivity contribution is 0.221. The van der Waals surface area contributed by atoms with E-state index in [4.69, 9.17) is 6.42 Å². The van der Waals surface area contributed by atoms with Gasteiger partial charge in [-0.2, -0.15) is 4.98 Å². The number of anilines is 4. The van der Waals surface area contributed by atoms with Crippen molar-refractivity contribution in [3.05, 3.63) is 66.0 Å². The second-order valence-electron chi connectivity index (χ2n) is 7.90. The number of rotatable bonds is 6. The van der Waals surface area contributed by atoms with Crippen LogP contribution >= 0.6 is 11.3 Å². The topological polar surface area (TPSA) is 66.0 Å². The highest BCUT2D eigenvalue weighted by Crippen LogP contribution is 2.32. The number of aromatic nitrogens is 3. The van der Waals surface area contributed by atoms with Crippen LogP contribution in [0.1, 0.15) is 30.4 Å². The van der Waals surface area contributed by atoms with E-state index in [0.717, 1.165) is 33.3 Å². The van der Waals surface area contributed by atoms with Crippen molar-refractivity contribution in [1.29, 1.82) is 0 Å². The molecule has 1 saturated heterocycles. The van der Waals surface area contributed by atoms with Crippen molar-refractivity contribution in [1.82, 2.24) is 19.9 Å². The minimum absolute atomic E-state index is 0.657. The third kappa shape index (κ3) is 4.72. The summed E-state index contributed by atoms with van der Waals surface area (Å²) in [5, 5.41) is 7.52. The minimum Gasteiger partial charge on any atom is -0.339 e. The summed E-state index contributed by atoms with van der Waals surface area (Å²) in [6.45, 7) is 3.43. The van der Waals surface area contributed by atoms with Crippen molar-refractivity contribution in [2.45, 2.75) is 25.8 Å². The molecule has 5 rings (SSSR count). The van der Waals surface area contributed by atoms with E-state index >= 15 is 0 Å². The number of nitrogens with zero attached hydrogens (tertiary/aromatic N) is 4. The molecule has 2 N–H and O–H groups in total. The molecule has 0 atom stereocenters. The zero-order valence-electron chi connectivity index (χ0n) is 17.7. The van der Waals surface area contributed by atoms with Crippen LogP contribution in [-0.2, 0) is 6.54 Å². The summed E-state index contributed by atoms with van der Waals surface area (Å²) < 4.78 is 0.892. The molecule has 160 valence electrons. The molecule has 0 radical (unpaired) electrons. The summed E-state index contributed by atoms with van der Waals surface area (Å²) >= 11 is 1.52. The molecule has 1 aliphatic heterocycles. The van der Waals surface area contributed by atoms with Gasteiger partial charge in [0.1, 0.15) is 11.0 Å². The molecule has 0 spiro atoms. The fourth-order valence-electron chi connectivity index (χ4n) is 3.91. The number of likely N-dealkylation sites (tertiary alicyclic amines) is 1. The molecule has 0 bridgehead atoms. The number of thiazole rings is 1. The van der Waals surface area contributed by atoms with Gasteiger partial charge < -0.3 is 10.6 Å². The number of benzene rings is 2. The minimum atomic E-state index is 0.657. The lowest BCUT2D eigenvalue weighted by Crippen LogP contribution is -2.28. The Kier molecular flexibility index (Phi) is 5.97. The lowest BCUT2D eigenvalue weighted by atomic mass is 10.1. The molecule has 0 amide bonds. The van der Waals surface area contributed by atoms with Gasteiger partial charge in [0.25, 0.3) is 0 Å². The van der Waals surface area contributed by atoms with Crippen molar-refractivity contribution >= 4 is 44.0 Å². The molecule has 0 aliphatic carbocycles. The van der Waals surface area contributed by atoms with Gasteiger partial charge in [0, 0.05) is 23.5 Å². The van der Waals surface area contributed by atoms with Gasteiger partial charge in [-0.1, -0.05) is 41.9 Å². The molecule has 3 heterocycles. The largest absolute Gasteiger partial charge is 0.339 e. The van der Waals surface area contributed by atoms with Crippen LogP contribution in [0.3, 0.4) is 0 Å². The van der Waals surface area contributed by atoms with Crippen LogP contribution in [0.15, 0.2) is 54.9 Å². The molecule has 1 aliphatic rings. The number of piperidine rings is 1. The maximum atomic E-state index is 5.51. The van der Waals surface area contributed by atoms with E-state index in [2.05, 4.69) is 60.7 Å². The van der Waals surface area contributed by atoms with E-state index in [-0.39, 0.29) is 0 Å². The Morgan fingerprint density at radius 3 is 2.62 bits per heavy atom. The molecule has 1 fully saturated rings. The third-order valence-corrected chi connectivity index (χ3v) is 6.51. The molecule has 0 unspecified atom stereocenters. The molecule has 0 saturated carbocycles. The standard InChI is InChI=1S/C25H24N6S/c1-2-18-7-6-8-21(15-18)28-23-22-24(27-17-26-23)30-25(32-22)29-20-11-9-19(10-12-20)16-31-13-4-3-5-14-31/h1,6-12,15,17H,3-5,13-14,16H2,(H2,26,27,28,29,30). The average molecular weight is 441 g/mol. The zero-order valence-corrected chi connectivity index (χ0v) is 18.5. The molecule has 2 aromatic heterocycles. The summed E-state index contributed by atoms with van der Waals surface area (Å²) in [5.74, 6) is 3.37. The first kappa shape index (κ1) is 20.4. The summed E-state index contributed by atoms with van der Waals surface area (Å²) in [7, 11) is 0. The zero-order chi connectivity index (χ0) is 21.8. The Bertz CT molecular complexity index is 1250. The first-order valence-corrected chi connectivity index (χ1v) is 11.6. The van der Waals surface area contributed by atoms with Gasteiger partial charge in [0.15, 0.2) is 16.6 Å². The molecular formula is C25H24N6S. The highest BCUT2D eigenvalue weighted by Gasteiger charge is 2.13. The summed E-state index contributed by atoms with van der Waals surface area (Å²) in [5.41, 5.74) is 4.71. The molecule has 6 nitrogen and oxygen atoms in total. The Morgan fingerprint density at radius 2 is 1.81 bits per heavy atom. The fraction of sp³-hybridized carbons (Fsp3) is 0.240. The van der Waals surface area contributed by atoms with Gasteiger partial charge in [-0.15, -0.1) is 6.42 Å². The third-order valence-electron chi connectivity index (χ3n) is 5.54. The van der Waals surface area contributed by atoms with E-state index in [1.165, 1.54) is 55.6 Å². The predicted molar refractivity (Wildman–Crippen MR) is 132 cm³/mol. The Morgan fingerprint density at radius 1 is 0.969 bits per heavy atom. The van der Waals surface area contributed by atoms with Crippen molar-refractivity contribution in [3.8, 4) is 12.3 Å². The predicted octanol–water partition coefficient (Wildman–Crippen LogP) is 5.54. The first-order valence-electron chi connectivity index (χ1n) is 10.8. The Labute approximate surface area is 191 Å². The second-order valence-corrected chi connectivity index (χ2v) is 8.90. The smallest absolute Gasteiger partial charge is 0.189 e. The van der Waals surface area contributed by atoms with E-state index < -0.39 is 0 Å². The SMILES string of the molecule is C#Cc1cccc(Nc2ncnc3nc(Nc4ccc(CN5CCCCC5)cc4)sc23)c1. The number of hydrogen-bond acceptors (Lipinski definition) is 7. The molecule has 7 heteroatoms. The van der Waals surface area contributed by atoms with Gasteiger partial charge in [-0.05, 0) is 61.8 Å².